The first-order chi connectivity index (χ1) is 18.0. The Balaban J connectivity index is 0.000000505. The Morgan fingerprint density at radius 1 is 1.08 bits per heavy atom. The predicted molar refractivity (Wildman–Crippen MR) is 150 cm³/mol. The minimum absolute atomic E-state index is 0.132. The molecular weight excluding hydrogens is 500 g/mol. The Labute approximate surface area is 228 Å². The second kappa shape index (κ2) is 12.6. The number of thiazole rings is 1. The number of benzene rings is 1. The van der Waals surface area contributed by atoms with Crippen molar-refractivity contribution in [1.82, 2.24) is 19.8 Å². The maximum Gasteiger partial charge on any atom is 0.323 e. The van der Waals surface area contributed by atoms with Crippen molar-refractivity contribution >= 4 is 29.0 Å². The van der Waals surface area contributed by atoms with Crippen molar-refractivity contribution in [2.45, 2.75) is 40.2 Å². The van der Waals surface area contributed by atoms with Crippen LogP contribution in [0.2, 0.25) is 0 Å². The van der Waals surface area contributed by atoms with E-state index >= 15 is 0 Å². The van der Waals surface area contributed by atoms with Crippen molar-refractivity contribution in [3.63, 3.8) is 0 Å². The van der Waals surface area contributed by atoms with Crippen LogP contribution in [0.4, 0.5) is 9.93 Å². The zero-order chi connectivity index (χ0) is 27.9. The molecule has 0 aliphatic carbocycles. The molecule has 9 nitrogen and oxygen atoms in total. The van der Waals surface area contributed by atoms with E-state index in [1.165, 1.54) is 11.3 Å². The Kier molecular flexibility index (Phi) is 9.55. The van der Waals surface area contributed by atoms with Gasteiger partial charge in [-0.05, 0) is 71.5 Å². The number of urea groups is 1. The molecule has 0 atom stereocenters. The first-order valence-electron chi connectivity index (χ1n) is 12.3. The highest BCUT2D eigenvalue weighted by Gasteiger charge is 2.22. The summed E-state index contributed by atoms with van der Waals surface area (Å²) in [4.78, 5) is 36.6. The van der Waals surface area contributed by atoms with Crippen molar-refractivity contribution in [2.75, 3.05) is 38.5 Å². The summed E-state index contributed by atoms with van der Waals surface area (Å²) in [5.41, 5.74) is 4.69. The number of pyridine rings is 1. The lowest BCUT2D eigenvalue weighted by atomic mass is 10.0. The van der Waals surface area contributed by atoms with Crippen LogP contribution >= 0.6 is 11.3 Å². The van der Waals surface area contributed by atoms with Crippen molar-refractivity contribution in [1.29, 1.82) is 5.26 Å². The lowest BCUT2D eigenvalue weighted by molar-refractivity contribution is -0.138. The molecule has 0 spiro atoms. The lowest BCUT2D eigenvalue weighted by Gasteiger charge is -2.32. The number of anilines is 1. The molecule has 10 heteroatoms. The van der Waals surface area contributed by atoms with E-state index in [4.69, 9.17) is 4.98 Å². The van der Waals surface area contributed by atoms with E-state index in [0.717, 1.165) is 46.2 Å². The molecule has 1 fully saturated rings. The molecule has 0 unspecified atom stereocenters. The molecule has 38 heavy (non-hydrogen) atoms. The molecule has 1 aromatic carbocycles. The molecule has 3 heterocycles. The molecule has 2 aromatic heterocycles. The van der Waals surface area contributed by atoms with E-state index in [2.05, 4.69) is 33.1 Å². The number of aromatic nitrogens is 2. The van der Waals surface area contributed by atoms with Gasteiger partial charge in [0.1, 0.15) is 5.60 Å². The summed E-state index contributed by atoms with van der Waals surface area (Å²) in [5, 5.41) is 12.8. The maximum absolute atomic E-state index is 12.8. The van der Waals surface area contributed by atoms with Crippen LogP contribution < -0.4 is 5.32 Å². The van der Waals surface area contributed by atoms with Crippen LogP contribution in [0.25, 0.3) is 21.7 Å². The summed E-state index contributed by atoms with van der Waals surface area (Å²) in [6.07, 6.45) is 0. The third kappa shape index (κ3) is 8.10. The van der Waals surface area contributed by atoms with Crippen LogP contribution in [0, 0.1) is 25.2 Å². The zero-order valence-corrected chi connectivity index (χ0v) is 23.6. The molecule has 3 aromatic rings. The van der Waals surface area contributed by atoms with E-state index in [1.807, 2.05) is 69.9 Å². The largest absolute Gasteiger partial charge is 0.462 e. The summed E-state index contributed by atoms with van der Waals surface area (Å²) in [7, 11) is 2.06. The fourth-order valence-corrected chi connectivity index (χ4v) is 4.76. The number of rotatable bonds is 4. The standard InChI is InChI=1S/C23H24N6OS.C5H10O2/c1-15-11-19(12-16(2)25-15)21-20(18-6-4-5-17(13-18)14-24)26-22(31-21)27-23(30)29-9-7-28(3)8-10-29;1-5(2,3)7-4-6/h4-6,11-13H,7-10H2,1-3H3,(H,26,27,30);4H,1-3H3. The Bertz CT molecular complexity index is 1300. The topological polar surface area (TPSA) is 111 Å². The first-order valence-corrected chi connectivity index (χ1v) is 13.1. The van der Waals surface area contributed by atoms with E-state index < -0.39 is 0 Å². The van der Waals surface area contributed by atoms with Crippen LogP contribution in [0.3, 0.4) is 0 Å². The summed E-state index contributed by atoms with van der Waals surface area (Å²) >= 11 is 1.44. The number of nitrogens with one attached hydrogen (secondary N) is 1. The molecule has 4 rings (SSSR count). The smallest absolute Gasteiger partial charge is 0.323 e. The fraction of sp³-hybridized carbons (Fsp3) is 0.393. The van der Waals surface area contributed by atoms with Gasteiger partial charge in [-0.15, -0.1) is 0 Å². The second-order valence-corrected chi connectivity index (χ2v) is 11.1. The van der Waals surface area contributed by atoms with Crippen molar-refractivity contribution < 1.29 is 14.3 Å². The first kappa shape index (κ1) is 28.8. The zero-order valence-electron chi connectivity index (χ0n) is 22.7. The second-order valence-electron chi connectivity index (χ2n) is 10.1. The molecular formula is C28H34N6O3S. The van der Waals surface area contributed by atoms with Gasteiger partial charge in [-0.2, -0.15) is 5.26 Å². The van der Waals surface area contributed by atoms with Gasteiger partial charge in [0.15, 0.2) is 5.13 Å². The van der Waals surface area contributed by atoms with E-state index in [9.17, 15) is 14.9 Å². The highest BCUT2D eigenvalue weighted by Crippen LogP contribution is 2.39. The summed E-state index contributed by atoms with van der Waals surface area (Å²) in [6.45, 7) is 13.0. The average Bonchev–Trinajstić information content (AvgIpc) is 3.27. The molecule has 1 saturated heterocycles. The number of likely N-dealkylation sites (N-methyl/N-ethyl adjacent to an activating group) is 1. The molecule has 1 aliphatic rings. The summed E-state index contributed by atoms with van der Waals surface area (Å²) in [5.74, 6) is 0. The average molecular weight is 535 g/mol. The fourth-order valence-electron chi connectivity index (χ4n) is 3.79. The number of ether oxygens (including phenoxy) is 1. The van der Waals surface area contributed by atoms with Gasteiger partial charge < -0.3 is 14.5 Å². The van der Waals surface area contributed by atoms with Crippen molar-refractivity contribution in [3.8, 4) is 27.8 Å². The normalized spacial score (nSPS) is 13.7. The number of aryl methyl sites for hydroxylation is 2. The lowest BCUT2D eigenvalue weighted by Crippen LogP contribution is -2.48. The van der Waals surface area contributed by atoms with Crippen LogP contribution in [-0.2, 0) is 9.53 Å². The van der Waals surface area contributed by atoms with Gasteiger partial charge in [0.25, 0.3) is 6.47 Å². The molecule has 1 aliphatic heterocycles. The Hall–Kier alpha value is -3.81. The van der Waals surface area contributed by atoms with Gasteiger partial charge in [-0.1, -0.05) is 23.5 Å². The Morgan fingerprint density at radius 3 is 2.29 bits per heavy atom. The molecule has 1 N–H and O–H groups in total. The molecule has 2 amide bonds. The number of amides is 2. The number of carbonyl (C=O) groups is 2. The van der Waals surface area contributed by atoms with E-state index in [0.29, 0.717) is 30.3 Å². The minimum Gasteiger partial charge on any atom is -0.462 e. The number of hydrogen-bond acceptors (Lipinski definition) is 8. The van der Waals surface area contributed by atoms with Crippen LogP contribution in [0.15, 0.2) is 36.4 Å². The van der Waals surface area contributed by atoms with Crippen LogP contribution in [0.1, 0.15) is 37.7 Å². The van der Waals surface area contributed by atoms with Gasteiger partial charge in [-0.3, -0.25) is 15.1 Å². The van der Waals surface area contributed by atoms with Crippen molar-refractivity contribution in [3.05, 3.63) is 53.3 Å². The third-order valence-corrected chi connectivity index (χ3v) is 6.66. The molecule has 200 valence electrons. The van der Waals surface area contributed by atoms with Crippen LogP contribution in [0.5, 0.6) is 0 Å². The number of hydrogen-bond donors (Lipinski definition) is 1. The van der Waals surface area contributed by atoms with Gasteiger partial charge >= 0.3 is 6.03 Å². The number of nitriles is 1. The maximum atomic E-state index is 12.8. The molecule has 0 radical (unpaired) electrons. The monoisotopic (exact) mass is 534 g/mol. The van der Waals surface area contributed by atoms with Crippen molar-refractivity contribution in [2.24, 2.45) is 0 Å². The Morgan fingerprint density at radius 2 is 1.74 bits per heavy atom. The van der Waals surface area contributed by atoms with Gasteiger partial charge in [0, 0.05) is 43.1 Å². The van der Waals surface area contributed by atoms with E-state index in [-0.39, 0.29) is 11.6 Å². The van der Waals surface area contributed by atoms with Gasteiger partial charge in [0.05, 0.1) is 22.2 Å². The third-order valence-electron chi connectivity index (χ3n) is 5.64. The van der Waals surface area contributed by atoms with Gasteiger partial charge in [-0.25, -0.2) is 9.78 Å². The molecule has 0 saturated carbocycles. The number of carbonyl (C=O) groups excluding carboxylic acids is 2. The van der Waals surface area contributed by atoms with Gasteiger partial charge in [0.2, 0.25) is 0 Å². The number of piperazine rings is 1. The molecule has 0 bridgehead atoms. The number of nitrogens with zero attached hydrogens (tertiary/aromatic N) is 5. The van der Waals surface area contributed by atoms with Crippen LogP contribution in [-0.4, -0.2) is 71.1 Å². The minimum atomic E-state index is -0.318. The summed E-state index contributed by atoms with van der Waals surface area (Å²) in [6, 6.07) is 13.5. The SMILES string of the molecule is CC(C)(C)OC=O.Cc1cc(-c2sc(NC(=O)N3CCN(C)CC3)nc2-c2cccc(C#N)c2)cc(C)n1. The predicted octanol–water partition coefficient (Wildman–Crippen LogP) is 5.10. The highest BCUT2D eigenvalue weighted by molar-refractivity contribution is 7.19. The summed E-state index contributed by atoms with van der Waals surface area (Å²) < 4.78 is 4.55. The quantitative estimate of drug-likeness (QED) is 0.464. The highest BCUT2D eigenvalue weighted by atomic mass is 32.1. The van der Waals surface area contributed by atoms with E-state index in [1.54, 1.807) is 6.07 Å².